The molecule has 0 spiro atoms. The number of tetrazole rings is 1. The number of Topliss-reactive ketones (excluding diaryl/α,β-unsaturated/α-hetero) is 1. The number of aromatic nitrogens is 4. The molecule has 0 fully saturated rings. The Kier molecular flexibility index (Phi) is 5.11. The molecule has 7 heteroatoms. The number of nitrogens with zero attached hydrogens (tertiary/aromatic N) is 4. The van der Waals surface area contributed by atoms with Crippen LogP contribution in [-0.4, -0.2) is 31.7 Å². The van der Waals surface area contributed by atoms with Crippen molar-refractivity contribution >= 4 is 33.5 Å². The Bertz CT molecular complexity index is 894. The first kappa shape index (κ1) is 16.9. The van der Waals surface area contributed by atoms with Gasteiger partial charge in [0.2, 0.25) is 5.16 Å². The molecule has 1 aromatic heterocycles. The van der Waals surface area contributed by atoms with Gasteiger partial charge in [-0.05, 0) is 48.0 Å². The van der Waals surface area contributed by atoms with Crippen LogP contribution < -0.4 is 0 Å². The molecule has 0 N–H and O–H groups in total. The fraction of sp³-hybridized carbons (Fsp3) is 0.176. The highest BCUT2D eigenvalue weighted by Crippen LogP contribution is 2.22. The summed E-state index contributed by atoms with van der Waals surface area (Å²) in [5, 5.41) is 12.5. The summed E-state index contributed by atoms with van der Waals surface area (Å²) in [6.07, 6.45) is 0. The van der Waals surface area contributed by atoms with Gasteiger partial charge in [0.15, 0.2) is 5.78 Å². The summed E-state index contributed by atoms with van der Waals surface area (Å²) in [5.74, 6) is 0.318. The third kappa shape index (κ3) is 3.73. The van der Waals surface area contributed by atoms with Crippen molar-refractivity contribution in [2.24, 2.45) is 0 Å². The Morgan fingerprint density at radius 3 is 2.79 bits per heavy atom. The lowest BCUT2D eigenvalue weighted by atomic mass is 10.1. The normalized spacial score (nSPS) is 10.8. The molecule has 2 aromatic carbocycles. The van der Waals surface area contributed by atoms with Gasteiger partial charge < -0.3 is 0 Å². The predicted molar refractivity (Wildman–Crippen MR) is 97.8 cm³/mol. The average Bonchev–Trinajstić information content (AvgIpc) is 3.01. The van der Waals surface area contributed by atoms with Crippen LogP contribution in [0.1, 0.15) is 21.5 Å². The predicted octanol–water partition coefficient (Wildman–Crippen LogP) is 4.02. The summed E-state index contributed by atoms with van der Waals surface area (Å²) < 4.78 is 2.56. The van der Waals surface area contributed by atoms with E-state index in [9.17, 15) is 4.79 Å². The van der Waals surface area contributed by atoms with Crippen molar-refractivity contribution in [1.29, 1.82) is 0 Å². The van der Waals surface area contributed by atoms with Gasteiger partial charge in [0, 0.05) is 10.0 Å². The summed E-state index contributed by atoms with van der Waals surface area (Å²) in [6, 6.07) is 13.5. The average molecular weight is 403 g/mol. The highest BCUT2D eigenvalue weighted by Gasteiger charge is 2.14. The summed E-state index contributed by atoms with van der Waals surface area (Å²) in [6.45, 7) is 4.06. The van der Waals surface area contributed by atoms with Gasteiger partial charge in [-0.15, -0.1) is 5.10 Å². The molecule has 1 heterocycles. The Morgan fingerprint density at radius 2 is 2.04 bits per heavy atom. The molecule has 3 rings (SSSR count). The van der Waals surface area contributed by atoms with Gasteiger partial charge in [-0.1, -0.05) is 57.5 Å². The molecule has 0 unspecified atom stereocenters. The maximum absolute atomic E-state index is 12.3. The van der Waals surface area contributed by atoms with Gasteiger partial charge in [-0.25, -0.2) is 0 Å². The van der Waals surface area contributed by atoms with E-state index in [0.717, 1.165) is 15.7 Å². The molecular weight excluding hydrogens is 388 g/mol. The maximum atomic E-state index is 12.3. The number of thioether (sulfide) groups is 1. The van der Waals surface area contributed by atoms with Crippen molar-refractivity contribution in [2.45, 2.75) is 19.0 Å². The first-order valence-electron chi connectivity index (χ1n) is 7.32. The minimum Gasteiger partial charge on any atom is -0.293 e. The van der Waals surface area contributed by atoms with Crippen LogP contribution in [-0.2, 0) is 0 Å². The Labute approximate surface area is 152 Å². The molecule has 0 aliphatic rings. The van der Waals surface area contributed by atoms with Crippen molar-refractivity contribution in [2.75, 3.05) is 5.75 Å². The highest BCUT2D eigenvalue weighted by molar-refractivity contribution is 9.10. The zero-order valence-electron chi connectivity index (χ0n) is 13.2. The number of carbonyl (C=O) groups excluding carboxylic acids is 1. The van der Waals surface area contributed by atoms with Gasteiger partial charge in [0.05, 0.1) is 11.4 Å². The smallest absolute Gasteiger partial charge is 0.214 e. The van der Waals surface area contributed by atoms with Gasteiger partial charge in [0.1, 0.15) is 0 Å². The monoisotopic (exact) mass is 402 g/mol. The second-order valence-electron chi connectivity index (χ2n) is 5.39. The molecule has 0 bridgehead atoms. The number of hydrogen-bond acceptors (Lipinski definition) is 5. The fourth-order valence-corrected chi connectivity index (χ4v) is 3.52. The summed E-state index contributed by atoms with van der Waals surface area (Å²) >= 11 is 4.71. The minimum atomic E-state index is 0.0384. The third-order valence-corrected chi connectivity index (χ3v) is 4.91. The van der Waals surface area contributed by atoms with Crippen LogP contribution in [0.4, 0.5) is 0 Å². The third-order valence-electron chi connectivity index (χ3n) is 3.50. The van der Waals surface area contributed by atoms with Crippen LogP contribution in [0, 0.1) is 13.8 Å². The van der Waals surface area contributed by atoms with Crippen molar-refractivity contribution in [3.8, 4) is 5.69 Å². The van der Waals surface area contributed by atoms with E-state index in [4.69, 9.17) is 0 Å². The fourth-order valence-electron chi connectivity index (χ4n) is 2.34. The second kappa shape index (κ2) is 7.27. The van der Waals surface area contributed by atoms with Crippen LogP contribution in [0.5, 0.6) is 0 Å². The number of aryl methyl sites for hydroxylation is 2. The lowest BCUT2D eigenvalue weighted by molar-refractivity contribution is 0.102. The van der Waals surface area contributed by atoms with E-state index in [2.05, 4.69) is 37.5 Å². The van der Waals surface area contributed by atoms with E-state index < -0.39 is 0 Å². The van der Waals surface area contributed by atoms with Crippen LogP contribution in [0.3, 0.4) is 0 Å². The first-order valence-corrected chi connectivity index (χ1v) is 9.10. The molecule has 5 nitrogen and oxygen atoms in total. The van der Waals surface area contributed by atoms with Crippen LogP contribution in [0.15, 0.2) is 52.1 Å². The van der Waals surface area contributed by atoms with Gasteiger partial charge >= 0.3 is 0 Å². The highest BCUT2D eigenvalue weighted by atomic mass is 79.9. The summed E-state index contributed by atoms with van der Waals surface area (Å²) in [4.78, 5) is 12.3. The number of ketones is 1. The SMILES string of the molecule is Cc1ccc(-n2nnnc2SCC(=O)c2cccc(Br)c2)c(C)c1. The van der Waals surface area contributed by atoms with Crippen molar-refractivity contribution in [3.05, 3.63) is 63.6 Å². The molecule has 0 aliphatic heterocycles. The molecule has 0 aliphatic carbocycles. The Balaban J connectivity index is 1.78. The van der Waals surface area contributed by atoms with Crippen molar-refractivity contribution in [1.82, 2.24) is 20.2 Å². The summed E-state index contributed by atoms with van der Waals surface area (Å²) in [7, 11) is 0. The number of halogens is 1. The number of rotatable bonds is 5. The van der Waals surface area contributed by atoms with E-state index in [1.807, 2.05) is 44.2 Å². The zero-order valence-corrected chi connectivity index (χ0v) is 15.6. The number of carbonyl (C=O) groups is 1. The van der Waals surface area contributed by atoms with Crippen LogP contribution >= 0.6 is 27.7 Å². The molecular formula is C17H15BrN4OS. The molecule has 24 heavy (non-hydrogen) atoms. The standard InChI is InChI=1S/C17H15BrN4OS/c1-11-6-7-15(12(2)8-11)22-17(19-20-21-22)24-10-16(23)13-4-3-5-14(18)9-13/h3-9H,10H2,1-2H3. The number of benzene rings is 2. The molecule has 0 saturated carbocycles. The lowest BCUT2D eigenvalue weighted by Crippen LogP contribution is -2.06. The van der Waals surface area contributed by atoms with E-state index in [1.54, 1.807) is 10.7 Å². The van der Waals surface area contributed by atoms with Gasteiger partial charge in [0.25, 0.3) is 0 Å². The maximum Gasteiger partial charge on any atom is 0.214 e. The van der Waals surface area contributed by atoms with E-state index in [-0.39, 0.29) is 11.5 Å². The topological polar surface area (TPSA) is 60.7 Å². The second-order valence-corrected chi connectivity index (χ2v) is 7.24. The quantitative estimate of drug-likeness (QED) is 0.476. The van der Waals surface area contributed by atoms with Crippen LogP contribution in [0.2, 0.25) is 0 Å². The Hall–Kier alpha value is -1.99. The molecule has 0 atom stereocenters. The minimum absolute atomic E-state index is 0.0384. The van der Waals surface area contributed by atoms with E-state index in [1.165, 1.54) is 17.3 Å². The molecule has 122 valence electrons. The summed E-state index contributed by atoms with van der Waals surface area (Å²) in [5.41, 5.74) is 3.86. The Morgan fingerprint density at radius 1 is 1.21 bits per heavy atom. The van der Waals surface area contributed by atoms with Crippen molar-refractivity contribution in [3.63, 3.8) is 0 Å². The lowest BCUT2D eigenvalue weighted by Gasteiger charge is -2.08. The molecule has 0 saturated heterocycles. The van der Waals surface area contributed by atoms with E-state index >= 15 is 0 Å². The van der Waals surface area contributed by atoms with Crippen molar-refractivity contribution < 1.29 is 4.79 Å². The number of hydrogen-bond donors (Lipinski definition) is 0. The van der Waals surface area contributed by atoms with Crippen LogP contribution in [0.25, 0.3) is 5.69 Å². The van der Waals surface area contributed by atoms with Gasteiger partial charge in [-0.2, -0.15) is 4.68 Å². The van der Waals surface area contributed by atoms with E-state index in [0.29, 0.717) is 10.7 Å². The molecule has 3 aromatic rings. The molecule has 0 radical (unpaired) electrons. The largest absolute Gasteiger partial charge is 0.293 e. The first-order chi connectivity index (χ1) is 11.5. The molecule has 0 amide bonds. The van der Waals surface area contributed by atoms with Gasteiger partial charge in [-0.3, -0.25) is 4.79 Å². The zero-order chi connectivity index (χ0) is 17.1.